The topological polar surface area (TPSA) is 102 Å². The molecule has 0 amide bonds. The quantitative estimate of drug-likeness (QED) is 0.433. The Morgan fingerprint density at radius 3 is 2.43 bits per heavy atom. The van der Waals surface area contributed by atoms with Gasteiger partial charge in [0.1, 0.15) is 5.75 Å². The molecule has 110 valence electrons. The van der Waals surface area contributed by atoms with Crippen LogP contribution in [0.4, 0.5) is 22.7 Å². The van der Waals surface area contributed by atoms with Crippen LogP contribution in [0.15, 0.2) is 40.9 Å². The lowest BCUT2D eigenvalue weighted by Gasteiger charge is -2.10. The van der Waals surface area contributed by atoms with Crippen molar-refractivity contribution < 1.29 is 9.66 Å². The summed E-state index contributed by atoms with van der Waals surface area (Å²) >= 11 is 3.37. The maximum atomic E-state index is 10.9. The number of hydrogen-bond acceptors (Lipinski definition) is 6. The van der Waals surface area contributed by atoms with Gasteiger partial charge in [-0.25, -0.2) is 0 Å². The molecule has 0 aromatic heterocycles. The summed E-state index contributed by atoms with van der Waals surface area (Å²) in [5.41, 5.74) is 4.05. The van der Waals surface area contributed by atoms with Gasteiger partial charge in [-0.15, -0.1) is 0 Å². The van der Waals surface area contributed by atoms with Crippen molar-refractivity contribution >= 4 is 38.7 Å². The van der Waals surface area contributed by atoms with Crippen LogP contribution in [-0.2, 0) is 0 Å². The molecule has 0 saturated heterocycles. The SMILES string of the molecule is COc1cc(Br)cc(Nc2cc(NN)cc([N+](=O)[O-])c2)c1. The van der Waals surface area contributed by atoms with Crippen molar-refractivity contribution in [3.8, 4) is 5.75 Å². The van der Waals surface area contributed by atoms with Crippen LogP contribution >= 0.6 is 15.9 Å². The summed E-state index contributed by atoms with van der Waals surface area (Å²) in [6.45, 7) is 0. The molecule has 0 atom stereocenters. The third-order valence-corrected chi connectivity index (χ3v) is 3.15. The Labute approximate surface area is 129 Å². The summed E-state index contributed by atoms with van der Waals surface area (Å²) < 4.78 is 6.00. The van der Waals surface area contributed by atoms with Crippen LogP contribution in [-0.4, -0.2) is 12.0 Å². The Kier molecular flexibility index (Phi) is 4.61. The highest BCUT2D eigenvalue weighted by molar-refractivity contribution is 9.10. The molecule has 0 spiro atoms. The Hall–Kier alpha value is -2.32. The largest absolute Gasteiger partial charge is 0.497 e. The summed E-state index contributed by atoms with van der Waals surface area (Å²) in [6, 6.07) is 9.86. The van der Waals surface area contributed by atoms with Gasteiger partial charge in [0, 0.05) is 34.0 Å². The fourth-order valence-corrected chi connectivity index (χ4v) is 2.26. The molecule has 8 heteroatoms. The van der Waals surface area contributed by atoms with Gasteiger partial charge in [-0.1, -0.05) is 15.9 Å². The summed E-state index contributed by atoms with van der Waals surface area (Å²) in [5, 5.41) is 14.0. The van der Waals surface area contributed by atoms with E-state index in [4.69, 9.17) is 10.6 Å². The van der Waals surface area contributed by atoms with Crippen molar-refractivity contribution in [1.29, 1.82) is 0 Å². The third-order valence-electron chi connectivity index (χ3n) is 2.69. The molecule has 2 aromatic rings. The Balaban J connectivity index is 2.36. The number of nitro benzene ring substituents is 1. The zero-order valence-corrected chi connectivity index (χ0v) is 12.7. The summed E-state index contributed by atoms with van der Waals surface area (Å²) in [6.07, 6.45) is 0. The first kappa shape index (κ1) is 15.1. The molecular formula is C13H13BrN4O3. The summed E-state index contributed by atoms with van der Waals surface area (Å²) in [4.78, 5) is 10.4. The predicted molar refractivity (Wildman–Crippen MR) is 84.9 cm³/mol. The Bertz CT molecular complexity index is 678. The smallest absolute Gasteiger partial charge is 0.273 e. The highest BCUT2D eigenvalue weighted by atomic mass is 79.9. The molecule has 0 radical (unpaired) electrons. The number of nitrogens with zero attached hydrogens (tertiary/aromatic N) is 1. The fraction of sp³-hybridized carbons (Fsp3) is 0.0769. The molecule has 0 fully saturated rings. The Morgan fingerprint density at radius 2 is 1.81 bits per heavy atom. The third kappa shape index (κ3) is 3.83. The number of nitro groups is 1. The Morgan fingerprint density at radius 1 is 1.14 bits per heavy atom. The average molecular weight is 353 g/mol. The zero-order valence-electron chi connectivity index (χ0n) is 11.1. The maximum Gasteiger partial charge on any atom is 0.273 e. The molecule has 0 aliphatic rings. The lowest BCUT2D eigenvalue weighted by Crippen LogP contribution is -2.07. The number of benzene rings is 2. The lowest BCUT2D eigenvalue weighted by molar-refractivity contribution is -0.384. The number of anilines is 3. The van der Waals surface area contributed by atoms with Crippen LogP contribution in [0.2, 0.25) is 0 Å². The molecule has 0 aliphatic carbocycles. The number of hydrogen-bond donors (Lipinski definition) is 3. The van der Waals surface area contributed by atoms with Crippen LogP contribution in [0.1, 0.15) is 0 Å². The molecule has 0 aliphatic heterocycles. The second-order valence-electron chi connectivity index (χ2n) is 4.17. The summed E-state index contributed by atoms with van der Waals surface area (Å²) in [7, 11) is 1.56. The van der Waals surface area contributed by atoms with E-state index in [1.165, 1.54) is 12.1 Å². The molecule has 2 aromatic carbocycles. The van der Waals surface area contributed by atoms with Gasteiger partial charge in [0.05, 0.1) is 17.7 Å². The van der Waals surface area contributed by atoms with E-state index in [1.54, 1.807) is 19.2 Å². The molecule has 0 saturated carbocycles. The van der Waals surface area contributed by atoms with Gasteiger partial charge in [-0.2, -0.15) is 0 Å². The minimum atomic E-state index is -0.479. The molecule has 0 bridgehead atoms. The van der Waals surface area contributed by atoms with E-state index >= 15 is 0 Å². The molecule has 2 rings (SSSR count). The maximum absolute atomic E-state index is 10.9. The highest BCUT2D eigenvalue weighted by Crippen LogP contribution is 2.30. The minimum Gasteiger partial charge on any atom is -0.497 e. The normalized spacial score (nSPS) is 10.0. The van der Waals surface area contributed by atoms with Gasteiger partial charge in [0.2, 0.25) is 0 Å². The zero-order chi connectivity index (χ0) is 15.4. The van der Waals surface area contributed by atoms with Crippen molar-refractivity contribution in [3.63, 3.8) is 0 Å². The molecule has 21 heavy (non-hydrogen) atoms. The van der Waals surface area contributed by atoms with Crippen molar-refractivity contribution in [1.82, 2.24) is 0 Å². The second-order valence-corrected chi connectivity index (χ2v) is 5.09. The molecule has 0 heterocycles. The van der Waals surface area contributed by atoms with Crippen LogP contribution in [0.25, 0.3) is 0 Å². The van der Waals surface area contributed by atoms with Gasteiger partial charge in [-0.3, -0.25) is 16.0 Å². The van der Waals surface area contributed by atoms with E-state index in [-0.39, 0.29) is 5.69 Å². The van der Waals surface area contributed by atoms with E-state index in [9.17, 15) is 10.1 Å². The number of nitrogen functional groups attached to an aromatic ring is 1. The van der Waals surface area contributed by atoms with E-state index < -0.39 is 4.92 Å². The molecule has 4 N–H and O–H groups in total. The standard InChI is InChI=1S/C13H13BrN4O3/c1-21-13-3-8(14)2-9(7-13)16-10-4-11(17-15)6-12(5-10)18(19)20/h2-7,16-17H,15H2,1H3. The highest BCUT2D eigenvalue weighted by Gasteiger charge is 2.10. The first-order chi connectivity index (χ1) is 10.0. The van der Waals surface area contributed by atoms with Crippen LogP contribution in [0.3, 0.4) is 0 Å². The second kappa shape index (κ2) is 6.42. The molecule has 7 nitrogen and oxygen atoms in total. The summed E-state index contributed by atoms with van der Waals surface area (Å²) in [5.74, 6) is 5.98. The number of halogens is 1. The molecular weight excluding hydrogens is 340 g/mol. The van der Waals surface area contributed by atoms with Crippen LogP contribution in [0, 0.1) is 10.1 Å². The van der Waals surface area contributed by atoms with Crippen LogP contribution < -0.4 is 21.3 Å². The first-order valence-corrected chi connectivity index (χ1v) is 6.69. The molecule has 0 unspecified atom stereocenters. The van der Waals surface area contributed by atoms with Gasteiger partial charge >= 0.3 is 0 Å². The van der Waals surface area contributed by atoms with E-state index in [2.05, 4.69) is 26.7 Å². The van der Waals surface area contributed by atoms with Gasteiger partial charge in [0.15, 0.2) is 0 Å². The fourth-order valence-electron chi connectivity index (χ4n) is 1.79. The van der Waals surface area contributed by atoms with Gasteiger partial charge in [-0.05, 0) is 18.2 Å². The van der Waals surface area contributed by atoms with E-state index in [0.29, 0.717) is 17.1 Å². The number of ether oxygens (including phenoxy) is 1. The van der Waals surface area contributed by atoms with Crippen molar-refractivity contribution in [3.05, 3.63) is 51.0 Å². The number of rotatable bonds is 5. The van der Waals surface area contributed by atoms with E-state index in [1.807, 2.05) is 12.1 Å². The van der Waals surface area contributed by atoms with E-state index in [0.717, 1.165) is 10.2 Å². The average Bonchev–Trinajstić information content (AvgIpc) is 2.46. The van der Waals surface area contributed by atoms with Crippen LogP contribution in [0.5, 0.6) is 5.75 Å². The number of nitrogens with one attached hydrogen (secondary N) is 2. The monoisotopic (exact) mass is 352 g/mol. The number of nitrogens with two attached hydrogens (primary N) is 1. The van der Waals surface area contributed by atoms with Crippen molar-refractivity contribution in [2.24, 2.45) is 5.84 Å². The number of hydrazine groups is 1. The van der Waals surface area contributed by atoms with Gasteiger partial charge in [0.25, 0.3) is 5.69 Å². The van der Waals surface area contributed by atoms with Gasteiger partial charge < -0.3 is 15.5 Å². The number of methoxy groups -OCH3 is 1. The first-order valence-electron chi connectivity index (χ1n) is 5.89. The number of non-ortho nitro benzene ring substituents is 1. The van der Waals surface area contributed by atoms with Crippen molar-refractivity contribution in [2.75, 3.05) is 17.9 Å². The predicted octanol–water partition coefficient (Wildman–Crippen LogP) is 3.40. The minimum absolute atomic E-state index is 0.0603. The lowest BCUT2D eigenvalue weighted by atomic mass is 10.2. The van der Waals surface area contributed by atoms with Crippen molar-refractivity contribution in [2.45, 2.75) is 0 Å².